The summed E-state index contributed by atoms with van der Waals surface area (Å²) < 4.78 is 37.5. The minimum absolute atomic E-state index is 0.234. The van der Waals surface area contributed by atoms with E-state index in [1.54, 1.807) is 35.8 Å². The Hall–Kier alpha value is -2.31. The maximum absolute atomic E-state index is 12.0. The number of benzene rings is 1. The van der Waals surface area contributed by atoms with E-state index in [1.165, 1.54) is 4.57 Å². The number of aldehydes is 1. The fourth-order valence-electron chi connectivity index (χ4n) is 1.90. The normalized spacial score (nSPS) is 11.6. The number of fused-ring (bicyclic) bond motifs is 1. The van der Waals surface area contributed by atoms with Crippen LogP contribution < -0.4 is 5.32 Å². The molecule has 1 heterocycles. The van der Waals surface area contributed by atoms with Crippen LogP contribution >= 0.6 is 0 Å². The lowest BCUT2D eigenvalue weighted by atomic mass is 10.1. The average Bonchev–Trinajstić information content (AvgIpc) is 2.79. The van der Waals surface area contributed by atoms with Crippen LogP contribution in [-0.2, 0) is 11.3 Å². The largest absolute Gasteiger partial charge is 0.405 e. The zero-order chi connectivity index (χ0) is 14.8. The van der Waals surface area contributed by atoms with Gasteiger partial charge in [0.05, 0.1) is 0 Å². The standard InChI is InChI=1S/C13H11F3N2O2/c14-13(15,16)8-17-12(20)6-18-5-4-10-9(7-19)2-1-3-11(10)18/h1-5,7H,6,8H2,(H,17,20). The first-order chi connectivity index (χ1) is 9.40. The Labute approximate surface area is 112 Å². The number of rotatable bonds is 4. The van der Waals surface area contributed by atoms with E-state index in [2.05, 4.69) is 0 Å². The molecule has 4 nitrogen and oxygen atoms in total. The van der Waals surface area contributed by atoms with Crippen molar-refractivity contribution in [2.45, 2.75) is 12.7 Å². The van der Waals surface area contributed by atoms with E-state index in [1.807, 2.05) is 0 Å². The Balaban J connectivity index is 2.14. The molecule has 1 aromatic carbocycles. The van der Waals surface area contributed by atoms with Crippen LogP contribution in [0.1, 0.15) is 10.4 Å². The fourth-order valence-corrected chi connectivity index (χ4v) is 1.90. The summed E-state index contributed by atoms with van der Waals surface area (Å²) in [4.78, 5) is 22.3. The molecule has 1 aromatic heterocycles. The van der Waals surface area contributed by atoms with Crippen LogP contribution in [0.5, 0.6) is 0 Å². The minimum atomic E-state index is -4.43. The van der Waals surface area contributed by atoms with Crippen molar-refractivity contribution in [1.82, 2.24) is 9.88 Å². The van der Waals surface area contributed by atoms with Gasteiger partial charge in [-0.15, -0.1) is 0 Å². The van der Waals surface area contributed by atoms with Crippen molar-refractivity contribution in [2.75, 3.05) is 6.54 Å². The zero-order valence-electron chi connectivity index (χ0n) is 10.3. The lowest BCUT2D eigenvalue weighted by molar-refractivity contribution is -0.138. The molecule has 2 aromatic rings. The van der Waals surface area contributed by atoms with Gasteiger partial charge < -0.3 is 9.88 Å². The summed E-state index contributed by atoms with van der Waals surface area (Å²) in [5.41, 5.74) is 1.09. The highest BCUT2D eigenvalue weighted by molar-refractivity contribution is 5.97. The number of amides is 1. The first-order valence-corrected chi connectivity index (χ1v) is 5.77. The summed E-state index contributed by atoms with van der Waals surface area (Å²) in [5.74, 6) is -0.740. The van der Waals surface area contributed by atoms with Crippen LogP contribution in [0.4, 0.5) is 13.2 Å². The molecule has 0 saturated carbocycles. The Morgan fingerprint density at radius 1 is 1.30 bits per heavy atom. The van der Waals surface area contributed by atoms with Gasteiger partial charge in [0.15, 0.2) is 6.29 Å². The molecule has 0 atom stereocenters. The van der Waals surface area contributed by atoms with E-state index in [9.17, 15) is 22.8 Å². The topological polar surface area (TPSA) is 51.1 Å². The molecule has 0 fully saturated rings. The summed E-state index contributed by atoms with van der Waals surface area (Å²) in [6.07, 6.45) is -2.18. The van der Waals surface area contributed by atoms with Crippen molar-refractivity contribution in [1.29, 1.82) is 0 Å². The second-order valence-corrected chi connectivity index (χ2v) is 4.23. The van der Waals surface area contributed by atoms with Gasteiger partial charge in [-0.05, 0) is 12.1 Å². The van der Waals surface area contributed by atoms with Gasteiger partial charge in [-0.3, -0.25) is 9.59 Å². The molecule has 106 valence electrons. The second-order valence-electron chi connectivity index (χ2n) is 4.23. The van der Waals surface area contributed by atoms with Gasteiger partial charge in [0.25, 0.3) is 0 Å². The molecule has 0 aliphatic rings. The molecule has 0 unspecified atom stereocenters. The van der Waals surface area contributed by atoms with E-state index < -0.39 is 18.6 Å². The third kappa shape index (κ3) is 3.17. The smallest absolute Gasteiger partial charge is 0.345 e. The number of alkyl halides is 3. The highest BCUT2D eigenvalue weighted by Crippen LogP contribution is 2.19. The molecule has 0 spiro atoms. The van der Waals surface area contributed by atoms with Gasteiger partial charge in [0.2, 0.25) is 5.91 Å². The van der Waals surface area contributed by atoms with Gasteiger partial charge >= 0.3 is 6.18 Å². The molecule has 0 saturated heterocycles. The number of nitrogens with zero attached hydrogens (tertiary/aromatic N) is 1. The average molecular weight is 284 g/mol. The molecular formula is C13H11F3N2O2. The molecule has 1 amide bonds. The van der Waals surface area contributed by atoms with Gasteiger partial charge in [-0.2, -0.15) is 13.2 Å². The lowest BCUT2D eigenvalue weighted by Gasteiger charge is -2.09. The van der Waals surface area contributed by atoms with Crippen molar-refractivity contribution in [3.8, 4) is 0 Å². The Morgan fingerprint density at radius 3 is 2.70 bits per heavy atom. The van der Waals surface area contributed by atoms with Crippen LogP contribution in [0.2, 0.25) is 0 Å². The number of hydrogen-bond acceptors (Lipinski definition) is 2. The molecule has 7 heteroatoms. The zero-order valence-corrected chi connectivity index (χ0v) is 10.3. The van der Waals surface area contributed by atoms with Crippen LogP contribution in [0.15, 0.2) is 30.5 Å². The van der Waals surface area contributed by atoms with E-state index >= 15 is 0 Å². The number of halogens is 3. The molecule has 2 rings (SSSR count). The Kier molecular flexibility index (Phi) is 3.78. The maximum Gasteiger partial charge on any atom is 0.405 e. The van der Waals surface area contributed by atoms with Crippen LogP contribution in [0, 0.1) is 0 Å². The molecule has 0 bridgehead atoms. The van der Waals surface area contributed by atoms with Gasteiger partial charge in [-0.25, -0.2) is 0 Å². The lowest BCUT2D eigenvalue weighted by Crippen LogP contribution is -2.35. The van der Waals surface area contributed by atoms with Crippen molar-refractivity contribution < 1.29 is 22.8 Å². The third-order valence-corrected chi connectivity index (χ3v) is 2.77. The first-order valence-electron chi connectivity index (χ1n) is 5.77. The summed E-state index contributed by atoms with van der Waals surface area (Å²) >= 11 is 0. The number of hydrogen-bond donors (Lipinski definition) is 1. The predicted octanol–water partition coefficient (Wildman–Crippen LogP) is 2.13. The molecular weight excluding hydrogens is 273 g/mol. The minimum Gasteiger partial charge on any atom is -0.345 e. The number of aromatic nitrogens is 1. The molecule has 0 radical (unpaired) electrons. The number of carbonyl (C=O) groups excluding carboxylic acids is 2. The molecule has 0 aliphatic carbocycles. The van der Waals surface area contributed by atoms with Gasteiger partial charge in [0.1, 0.15) is 13.1 Å². The van der Waals surface area contributed by atoms with Crippen LogP contribution in [0.25, 0.3) is 10.9 Å². The fraction of sp³-hybridized carbons (Fsp3) is 0.231. The number of nitrogens with one attached hydrogen (secondary N) is 1. The van der Waals surface area contributed by atoms with E-state index in [0.29, 0.717) is 22.8 Å². The van der Waals surface area contributed by atoms with E-state index in [-0.39, 0.29) is 6.54 Å². The summed E-state index contributed by atoms with van der Waals surface area (Å²) in [6, 6.07) is 6.62. The monoisotopic (exact) mass is 284 g/mol. The Bertz CT molecular complexity index is 647. The highest BCUT2D eigenvalue weighted by Gasteiger charge is 2.27. The summed E-state index contributed by atoms with van der Waals surface area (Å²) in [6.45, 7) is -1.59. The number of carbonyl (C=O) groups is 2. The summed E-state index contributed by atoms with van der Waals surface area (Å²) in [5, 5.41) is 2.46. The SMILES string of the molecule is O=Cc1cccc2c1ccn2CC(=O)NCC(F)(F)F. The van der Waals surface area contributed by atoms with Crippen LogP contribution in [-0.4, -0.2) is 29.5 Å². The quantitative estimate of drug-likeness (QED) is 0.874. The van der Waals surface area contributed by atoms with Crippen molar-refractivity contribution in [3.63, 3.8) is 0 Å². The van der Waals surface area contributed by atoms with E-state index in [4.69, 9.17) is 0 Å². The van der Waals surface area contributed by atoms with E-state index in [0.717, 1.165) is 0 Å². The highest BCUT2D eigenvalue weighted by atomic mass is 19.4. The molecule has 20 heavy (non-hydrogen) atoms. The third-order valence-electron chi connectivity index (χ3n) is 2.77. The molecule has 1 N–H and O–H groups in total. The summed E-state index contributed by atoms with van der Waals surface area (Å²) in [7, 11) is 0. The second kappa shape index (κ2) is 5.36. The van der Waals surface area contributed by atoms with Crippen molar-refractivity contribution >= 4 is 23.1 Å². The predicted molar refractivity (Wildman–Crippen MR) is 66.4 cm³/mol. The maximum atomic E-state index is 12.0. The van der Waals surface area contributed by atoms with Gasteiger partial charge in [0, 0.05) is 22.7 Å². The first kappa shape index (κ1) is 14.1. The van der Waals surface area contributed by atoms with Crippen molar-refractivity contribution in [2.24, 2.45) is 0 Å². The van der Waals surface area contributed by atoms with Crippen molar-refractivity contribution in [3.05, 3.63) is 36.0 Å². The molecule has 0 aliphatic heterocycles. The van der Waals surface area contributed by atoms with Gasteiger partial charge in [-0.1, -0.05) is 12.1 Å². The van der Waals surface area contributed by atoms with Crippen LogP contribution in [0.3, 0.4) is 0 Å². The Morgan fingerprint density at radius 2 is 2.05 bits per heavy atom.